The second-order valence-electron chi connectivity index (χ2n) is 8.27. The predicted molar refractivity (Wildman–Crippen MR) is 87.3 cm³/mol. The minimum atomic E-state index is -3.49. The molecular weight excluding hydrogens is 289 g/mol. The van der Waals surface area contributed by atoms with Crippen molar-refractivity contribution in [1.82, 2.24) is 0 Å². The Labute approximate surface area is 113 Å². The summed E-state index contributed by atoms with van der Waals surface area (Å²) in [4.78, 5) is 0. The Balaban J connectivity index is 5.16. The van der Waals surface area contributed by atoms with Crippen LogP contribution in [-0.2, 0) is 17.7 Å². The quantitative estimate of drug-likeness (QED) is 0.647. The molecule has 0 atom stereocenters. The van der Waals surface area contributed by atoms with Gasteiger partial charge in [-0.15, -0.1) is 0 Å². The molecule has 114 valence electrons. The predicted octanol–water partition coefficient (Wildman–Crippen LogP) is 4.53. The Hall–Kier alpha value is 0.970. The molecule has 0 heterocycles. The second kappa shape index (κ2) is 5.06. The van der Waals surface area contributed by atoms with Gasteiger partial charge in [0.1, 0.15) is 0 Å². The van der Waals surface area contributed by atoms with Crippen LogP contribution in [0.15, 0.2) is 0 Å². The maximum atomic E-state index is 12.8. The molecule has 0 saturated carbocycles. The van der Waals surface area contributed by atoms with Crippen molar-refractivity contribution in [3.63, 3.8) is 0 Å². The first-order valence-electron chi connectivity index (χ1n) is 6.17. The average molecular weight is 320 g/mol. The molecule has 0 unspecified atom stereocenters. The van der Waals surface area contributed by atoms with Crippen LogP contribution in [0.3, 0.4) is 0 Å². The topological polar surface area (TPSA) is 44.8 Å². The van der Waals surface area contributed by atoms with E-state index in [1.807, 2.05) is 60.2 Å². The molecule has 7 heteroatoms. The Kier molecular flexibility index (Phi) is 5.34. The molecule has 0 aromatic heterocycles. The van der Waals surface area contributed by atoms with Gasteiger partial charge in [0.15, 0.2) is 0 Å². The molecule has 0 aliphatic heterocycles. The number of hydrogen-bond acceptors (Lipinski definition) is 4. The van der Waals surface area contributed by atoms with Crippen molar-refractivity contribution in [1.29, 1.82) is 0 Å². The maximum absolute atomic E-state index is 12.8. The summed E-state index contributed by atoms with van der Waals surface area (Å²) in [6, 6.07) is 0. The van der Waals surface area contributed by atoms with E-state index in [0.717, 1.165) is 6.42 Å². The fourth-order valence-corrected chi connectivity index (χ4v) is 8.64. The van der Waals surface area contributed by atoms with E-state index < -0.39 is 21.5 Å². The van der Waals surface area contributed by atoms with Crippen molar-refractivity contribution in [3.05, 3.63) is 0 Å². The first kappa shape index (κ1) is 19.0. The third kappa shape index (κ3) is 10.9. The van der Waals surface area contributed by atoms with Gasteiger partial charge in [-0.05, 0) is 0 Å². The molecule has 0 spiro atoms. The molecule has 4 nitrogen and oxygen atoms in total. The summed E-state index contributed by atoms with van der Waals surface area (Å²) < 4.78 is 29.9. The Morgan fingerprint density at radius 2 is 1.17 bits per heavy atom. The third-order valence-corrected chi connectivity index (χ3v) is 8.63. The molecular formula is C11H31O4P3. The molecule has 0 saturated heterocycles. The molecule has 0 bridgehead atoms. The molecule has 0 aromatic rings. The van der Waals surface area contributed by atoms with Gasteiger partial charge in [-0.2, -0.15) is 0 Å². The molecule has 0 fully saturated rings. The van der Waals surface area contributed by atoms with Crippen LogP contribution in [-0.4, -0.2) is 59.9 Å². The van der Waals surface area contributed by atoms with Crippen molar-refractivity contribution in [3.8, 4) is 0 Å². The molecule has 0 N–H and O–H groups in total. The van der Waals surface area contributed by atoms with E-state index in [1.165, 1.54) is 0 Å². The zero-order valence-corrected chi connectivity index (χ0v) is 16.1. The van der Waals surface area contributed by atoms with Gasteiger partial charge in [0, 0.05) is 0 Å². The fourth-order valence-electron chi connectivity index (χ4n) is 1.07. The van der Waals surface area contributed by atoms with E-state index >= 15 is 0 Å². The van der Waals surface area contributed by atoms with Crippen LogP contribution in [0.5, 0.6) is 0 Å². The second-order valence-corrected chi connectivity index (χ2v) is 24.4. The van der Waals surface area contributed by atoms with Crippen molar-refractivity contribution in [2.24, 2.45) is 0 Å². The molecule has 0 radical (unpaired) electrons. The van der Waals surface area contributed by atoms with Crippen LogP contribution in [0.1, 0.15) is 13.3 Å². The van der Waals surface area contributed by atoms with Gasteiger partial charge < -0.3 is 0 Å². The van der Waals surface area contributed by atoms with Crippen LogP contribution in [0.4, 0.5) is 0 Å². The van der Waals surface area contributed by atoms with Crippen molar-refractivity contribution in [2.45, 2.75) is 13.3 Å². The van der Waals surface area contributed by atoms with E-state index in [1.54, 1.807) is 0 Å². The molecule has 18 heavy (non-hydrogen) atoms. The molecule has 0 aliphatic carbocycles. The molecule has 0 aromatic carbocycles. The van der Waals surface area contributed by atoms with Crippen molar-refractivity contribution >= 4 is 21.5 Å². The van der Waals surface area contributed by atoms with Gasteiger partial charge in [-0.25, -0.2) is 0 Å². The van der Waals surface area contributed by atoms with Gasteiger partial charge in [0.05, 0.1) is 0 Å². The van der Waals surface area contributed by atoms with E-state index in [9.17, 15) is 4.57 Å². The Morgan fingerprint density at radius 1 is 0.833 bits per heavy atom. The van der Waals surface area contributed by atoms with Crippen LogP contribution in [0, 0.1) is 0 Å². The van der Waals surface area contributed by atoms with Gasteiger partial charge in [-0.3, -0.25) is 0 Å². The van der Waals surface area contributed by atoms with E-state index in [2.05, 4.69) is 0 Å². The average Bonchev–Trinajstić information content (AvgIpc) is 1.89. The zero-order chi connectivity index (χ0) is 14.9. The first-order chi connectivity index (χ1) is 7.48. The summed E-state index contributed by atoms with van der Waals surface area (Å²) in [5.74, 6) is 0. The molecule has 0 amide bonds. The summed E-state index contributed by atoms with van der Waals surface area (Å²) >= 11 is 0. The standard InChI is InChI=1S/C11H31O4P3/c1-10-11-13-16(12,14-17(2,3,4)5)15-18(6,7,8)9/h10-11H2,1-9H3. The minimum absolute atomic E-state index is 0.385. The van der Waals surface area contributed by atoms with Crippen LogP contribution in [0.25, 0.3) is 0 Å². The number of hydrogen-bond donors (Lipinski definition) is 0. The Bertz CT molecular complexity index is 302. The van der Waals surface area contributed by atoms with Crippen molar-refractivity contribution in [2.75, 3.05) is 59.9 Å². The molecule has 0 rings (SSSR count). The zero-order valence-electron chi connectivity index (χ0n) is 13.4. The van der Waals surface area contributed by atoms with Gasteiger partial charge >= 0.3 is 112 Å². The van der Waals surface area contributed by atoms with Crippen LogP contribution < -0.4 is 0 Å². The summed E-state index contributed by atoms with van der Waals surface area (Å²) in [6.45, 7) is 13.4. The normalized spacial score (nSPS) is 21.4. The summed E-state index contributed by atoms with van der Waals surface area (Å²) in [5.41, 5.74) is 0. The summed E-state index contributed by atoms with van der Waals surface area (Å²) in [7, 11) is -3.49. The van der Waals surface area contributed by atoms with Crippen LogP contribution in [0.2, 0.25) is 0 Å². The first-order valence-corrected chi connectivity index (χ1v) is 15.5. The Morgan fingerprint density at radius 3 is 1.39 bits per heavy atom. The fraction of sp³-hybridized carbons (Fsp3) is 1.00. The monoisotopic (exact) mass is 320 g/mol. The van der Waals surface area contributed by atoms with E-state index in [-0.39, 0.29) is 0 Å². The SMILES string of the molecule is CCCOP(=O)(OP(C)(C)(C)C)OP(C)(C)(C)C. The van der Waals surface area contributed by atoms with E-state index in [4.69, 9.17) is 13.1 Å². The number of phosphoric acid groups is 1. The van der Waals surface area contributed by atoms with Gasteiger partial charge in [0.25, 0.3) is 0 Å². The van der Waals surface area contributed by atoms with E-state index in [0.29, 0.717) is 6.61 Å². The van der Waals surface area contributed by atoms with Gasteiger partial charge in [-0.1, -0.05) is 0 Å². The summed E-state index contributed by atoms with van der Waals surface area (Å²) in [6.07, 6.45) is 0.782. The number of rotatable bonds is 7. The third-order valence-electron chi connectivity index (χ3n) is 1.31. The van der Waals surface area contributed by atoms with Crippen molar-refractivity contribution < 1.29 is 17.7 Å². The molecule has 0 aliphatic rings. The van der Waals surface area contributed by atoms with Crippen LogP contribution >= 0.6 is 21.5 Å². The summed E-state index contributed by atoms with van der Waals surface area (Å²) in [5, 5.41) is 0. The van der Waals surface area contributed by atoms with Gasteiger partial charge in [0.2, 0.25) is 0 Å².